The van der Waals surface area contributed by atoms with Crippen LogP contribution in [0, 0.1) is 0 Å². The van der Waals surface area contributed by atoms with Crippen molar-refractivity contribution in [3.8, 4) is 0 Å². The molecule has 0 bridgehead atoms. The molecule has 0 aliphatic heterocycles. The van der Waals surface area contributed by atoms with Gasteiger partial charge in [0.05, 0.1) is 5.39 Å². The minimum atomic E-state index is -0.138. The first-order chi connectivity index (χ1) is 7.74. The van der Waals surface area contributed by atoms with Gasteiger partial charge >= 0.3 is 0 Å². The second kappa shape index (κ2) is 4.30. The normalized spacial score (nSPS) is 10.6. The van der Waals surface area contributed by atoms with Gasteiger partial charge in [0.25, 0.3) is 5.91 Å². The van der Waals surface area contributed by atoms with Crippen molar-refractivity contribution in [1.29, 1.82) is 0 Å². The summed E-state index contributed by atoms with van der Waals surface area (Å²) in [5.41, 5.74) is 1.17. The Balaban J connectivity index is 2.41. The van der Waals surface area contributed by atoms with E-state index in [2.05, 4.69) is 15.4 Å². The summed E-state index contributed by atoms with van der Waals surface area (Å²) >= 11 is 0. The molecule has 1 amide bonds. The third-order valence-corrected chi connectivity index (χ3v) is 2.35. The maximum Gasteiger partial charge on any atom is 0.272 e. The fourth-order valence-corrected chi connectivity index (χ4v) is 1.58. The van der Waals surface area contributed by atoms with Crippen LogP contribution < -0.4 is 5.32 Å². The van der Waals surface area contributed by atoms with E-state index in [9.17, 15) is 4.79 Å². The van der Waals surface area contributed by atoms with Crippen LogP contribution in [0.15, 0.2) is 18.3 Å². The Kier molecular flexibility index (Phi) is 2.85. The van der Waals surface area contributed by atoms with E-state index in [0.717, 1.165) is 17.5 Å². The molecule has 2 aromatic rings. The molecule has 0 fully saturated rings. The highest BCUT2D eigenvalue weighted by Crippen LogP contribution is 2.14. The van der Waals surface area contributed by atoms with Crippen LogP contribution in [0.4, 0.5) is 0 Å². The molecule has 0 spiro atoms. The van der Waals surface area contributed by atoms with Crippen LogP contribution in [-0.4, -0.2) is 27.2 Å². The number of aromatic nitrogens is 3. The molecular formula is C11H14N4O. The monoisotopic (exact) mass is 218 g/mol. The van der Waals surface area contributed by atoms with Crippen molar-refractivity contribution in [1.82, 2.24) is 20.1 Å². The second-order valence-electron chi connectivity index (χ2n) is 3.60. The zero-order chi connectivity index (χ0) is 11.5. The quantitative estimate of drug-likeness (QED) is 0.839. The third-order valence-electron chi connectivity index (χ3n) is 2.35. The van der Waals surface area contributed by atoms with Gasteiger partial charge in [0, 0.05) is 19.8 Å². The molecular weight excluding hydrogens is 204 g/mol. The van der Waals surface area contributed by atoms with E-state index in [1.54, 1.807) is 24.0 Å². The second-order valence-corrected chi connectivity index (χ2v) is 3.60. The van der Waals surface area contributed by atoms with Gasteiger partial charge in [0.1, 0.15) is 0 Å². The van der Waals surface area contributed by atoms with E-state index >= 15 is 0 Å². The van der Waals surface area contributed by atoms with Crippen molar-refractivity contribution in [2.75, 3.05) is 6.54 Å². The predicted molar refractivity (Wildman–Crippen MR) is 61.1 cm³/mol. The molecule has 0 aliphatic carbocycles. The van der Waals surface area contributed by atoms with Crippen molar-refractivity contribution < 1.29 is 4.79 Å². The first-order valence-corrected chi connectivity index (χ1v) is 5.30. The highest BCUT2D eigenvalue weighted by atomic mass is 16.1. The van der Waals surface area contributed by atoms with Crippen LogP contribution in [0.1, 0.15) is 23.8 Å². The lowest BCUT2D eigenvalue weighted by Crippen LogP contribution is -2.24. The third kappa shape index (κ3) is 1.76. The minimum absolute atomic E-state index is 0.138. The fourth-order valence-electron chi connectivity index (χ4n) is 1.58. The molecule has 0 aliphatic rings. The number of nitrogens with one attached hydrogen (secondary N) is 1. The number of carbonyl (C=O) groups excluding carboxylic acids is 1. The smallest absolute Gasteiger partial charge is 0.272 e. The molecule has 0 radical (unpaired) electrons. The molecule has 16 heavy (non-hydrogen) atoms. The van der Waals surface area contributed by atoms with E-state index in [4.69, 9.17) is 0 Å². The van der Waals surface area contributed by atoms with E-state index in [0.29, 0.717) is 12.2 Å². The van der Waals surface area contributed by atoms with Gasteiger partial charge < -0.3 is 5.32 Å². The lowest BCUT2D eigenvalue weighted by molar-refractivity contribution is 0.0949. The van der Waals surface area contributed by atoms with Gasteiger partial charge in [-0.05, 0) is 18.6 Å². The number of carbonyl (C=O) groups is 1. The zero-order valence-electron chi connectivity index (χ0n) is 9.40. The lowest BCUT2D eigenvalue weighted by Gasteiger charge is -1.99. The minimum Gasteiger partial charge on any atom is -0.351 e. The van der Waals surface area contributed by atoms with Crippen molar-refractivity contribution >= 4 is 16.9 Å². The number of pyridine rings is 1. The van der Waals surface area contributed by atoms with Gasteiger partial charge in [-0.15, -0.1) is 0 Å². The number of rotatable bonds is 3. The average molecular weight is 218 g/mol. The number of hydrogen-bond acceptors (Lipinski definition) is 3. The van der Waals surface area contributed by atoms with Gasteiger partial charge in [0.2, 0.25) is 0 Å². The summed E-state index contributed by atoms with van der Waals surface area (Å²) in [6, 6.07) is 3.66. The fraction of sp³-hybridized carbons (Fsp3) is 0.364. The highest BCUT2D eigenvalue weighted by molar-refractivity contribution is 6.03. The Hall–Kier alpha value is -1.91. The summed E-state index contributed by atoms with van der Waals surface area (Å²) < 4.78 is 1.62. The van der Waals surface area contributed by atoms with Gasteiger partial charge in [-0.1, -0.05) is 6.92 Å². The standard InChI is InChI=1S/C11H14N4O/c1-3-6-13-11(16)9-8-5-4-7-12-10(8)15(2)14-9/h4-5,7H,3,6H2,1-2H3,(H,13,16). The first-order valence-electron chi connectivity index (χ1n) is 5.30. The lowest BCUT2D eigenvalue weighted by atomic mass is 10.2. The van der Waals surface area contributed by atoms with E-state index in [1.807, 2.05) is 13.0 Å². The van der Waals surface area contributed by atoms with Crippen LogP contribution in [0.25, 0.3) is 11.0 Å². The van der Waals surface area contributed by atoms with Gasteiger partial charge in [0.15, 0.2) is 11.3 Å². The van der Waals surface area contributed by atoms with Crippen LogP contribution >= 0.6 is 0 Å². The van der Waals surface area contributed by atoms with Crippen molar-refractivity contribution in [2.45, 2.75) is 13.3 Å². The van der Waals surface area contributed by atoms with E-state index < -0.39 is 0 Å². The maximum absolute atomic E-state index is 11.8. The van der Waals surface area contributed by atoms with E-state index in [-0.39, 0.29) is 5.91 Å². The van der Waals surface area contributed by atoms with Crippen molar-refractivity contribution in [3.63, 3.8) is 0 Å². The molecule has 0 aromatic carbocycles. The van der Waals surface area contributed by atoms with Crippen molar-refractivity contribution in [2.24, 2.45) is 7.05 Å². The SMILES string of the molecule is CCCNC(=O)c1nn(C)c2ncccc12. The predicted octanol–water partition coefficient (Wildman–Crippen LogP) is 1.11. The molecule has 0 atom stereocenters. The summed E-state index contributed by atoms with van der Waals surface area (Å²) in [4.78, 5) is 16.0. The topological polar surface area (TPSA) is 59.8 Å². The molecule has 2 heterocycles. The first kappa shape index (κ1) is 10.6. The summed E-state index contributed by atoms with van der Waals surface area (Å²) in [6.45, 7) is 2.68. The Bertz CT molecular complexity index is 518. The summed E-state index contributed by atoms with van der Waals surface area (Å²) in [5, 5.41) is 7.79. The molecule has 2 aromatic heterocycles. The summed E-state index contributed by atoms with van der Waals surface area (Å²) in [7, 11) is 1.78. The molecule has 0 saturated carbocycles. The molecule has 84 valence electrons. The van der Waals surface area contributed by atoms with Crippen LogP contribution in [0.3, 0.4) is 0 Å². The number of amides is 1. The Morgan fingerprint density at radius 2 is 2.38 bits per heavy atom. The molecule has 0 saturated heterocycles. The van der Waals surface area contributed by atoms with Crippen LogP contribution in [-0.2, 0) is 7.05 Å². The molecule has 1 N–H and O–H groups in total. The van der Waals surface area contributed by atoms with Crippen LogP contribution in [0.2, 0.25) is 0 Å². The molecule has 5 heteroatoms. The number of fused-ring (bicyclic) bond motifs is 1. The van der Waals surface area contributed by atoms with Crippen molar-refractivity contribution in [3.05, 3.63) is 24.0 Å². The number of nitrogens with zero attached hydrogens (tertiary/aromatic N) is 3. The number of aryl methyl sites for hydroxylation is 1. The zero-order valence-corrected chi connectivity index (χ0v) is 9.40. The Morgan fingerprint density at radius 1 is 1.56 bits per heavy atom. The summed E-state index contributed by atoms with van der Waals surface area (Å²) in [5.74, 6) is -0.138. The van der Waals surface area contributed by atoms with Crippen LogP contribution in [0.5, 0.6) is 0 Å². The average Bonchev–Trinajstić information content (AvgIpc) is 2.65. The Labute approximate surface area is 93.5 Å². The molecule has 0 unspecified atom stereocenters. The van der Waals surface area contributed by atoms with Gasteiger partial charge in [-0.25, -0.2) is 9.67 Å². The van der Waals surface area contributed by atoms with Gasteiger partial charge in [-0.2, -0.15) is 5.10 Å². The van der Waals surface area contributed by atoms with E-state index in [1.165, 1.54) is 0 Å². The molecule has 2 rings (SSSR count). The largest absolute Gasteiger partial charge is 0.351 e. The molecule has 5 nitrogen and oxygen atoms in total. The van der Waals surface area contributed by atoms with Gasteiger partial charge in [-0.3, -0.25) is 4.79 Å². The highest BCUT2D eigenvalue weighted by Gasteiger charge is 2.15. The maximum atomic E-state index is 11.8. The number of hydrogen-bond donors (Lipinski definition) is 1. The summed E-state index contributed by atoms with van der Waals surface area (Å²) in [6.07, 6.45) is 2.60. The Morgan fingerprint density at radius 3 is 3.12 bits per heavy atom.